The third kappa shape index (κ3) is 4.90. The van der Waals surface area contributed by atoms with Crippen molar-refractivity contribution in [2.45, 2.75) is 11.8 Å². The Labute approximate surface area is 186 Å². The summed E-state index contributed by atoms with van der Waals surface area (Å²) in [4.78, 5) is 12.6. The number of nitrogens with one attached hydrogen (secondary N) is 1. The molecule has 0 bridgehead atoms. The summed E-state index contributed by atoms with van der Waals surface area (Å²) in [6.45, 7) is 5.45. The lowest BCUT2D eigenvalue weighted by Crippen LogP contribution is -2.31. The minimum atomic E-state index is -4.03. The first-order valence-electron chi connectivity index (χ1n) is 9.33. The van der Waals surface area contributed by atoms with Crippen LogP contribution in [-0.4, -0.2) is 26.0 Å². The van der Waals surface area contributed by atoms with Crippen LogP contribution in [-0.2, 0) is 10.0 Å². The van der Waals surface area contributed by atoms with E-state index in [4.69, 9.17) is 11.6 Å². The van der Waals surface area contributed by atoms with E-state index in [1.807, 2.05) is 6.92 Å². The molecule has 31 heavy (non-hydrogen) atoms. The number of sulfonamides is 1. The number of rotatable bonds is 7. The van der Waals surface area contributed by atoms with Crippen molar-refractivity contribution in [2.75, 3.05) is 16.2 Å². The molecule has 2 N–H and O–H groups in total. The SMILES string of the molecule is C=CCN(c1ccccc1Cl)S(=O)(=O)c1cccc(C(=O)Nc2ccc(C)cc2O)c1. The maximum absolute atomic E-state index is 13.3. The summed E-state index contributed by atoms with van der Waals surface area (Å²) >= 11 is 6.22. The molecule has 160 valence electrons. The minimum Gasteiger partial charge on any atom is -0.506 e. The quantitative estimate of drug-likeness (QED) is 0.387. The molecular formula is C23H21ClN2O4S. The van der Waals surface area contributed by atoms with Crippen LogP contribution in [0.1, 0.15) is 15.9 Å². The number of nitrogens with zero attached hydrogens (tertiary/aromatic N) is 1. The van der Waals surface area contributed by atoms with E-state index in [2.05, 4.69) is 11.9 Å². The van der Waals surface area contributed by atoms with Gasteiger partial charge in [0.25, 0.3) is 15.9 Å². The van der Waals surface area contributed by atoms with Gasteiger partial charge in [-0.05, 0) is 55.0 Å². The summed E-state index contributed by atoms with van der Waals surface area (Å²) in [7, 11) is -4.03. The fraction of sp³-hybridized carbons (Fsp3) is 0.0870. The van der Waals surface area contributed by atoms with E-state index in [-0.39, 0.29) is 33.5 Å². The standard InChI is InChI=1S/C23H21ClN2O4S/c1-3-13-26(21-10-5-4-9-19(21)24)31(29,30)18-8-6-7-17(15-18)23(28)25-20-12-11-16(2)14-22(20)27/h3-12,14-15,27H,1,13H2,2H3,(H,25,28). The zero-order chi connectivity index (χ0) is 22.6. The molecule has 3 aromatic carbocycles. The largest absolute Gasteiger partial charge is 0.506 e. The van der Waals surface area contributed by atoms with Gasteiger partial charge in [-0.15, -0.1) is 6.58 Å². The number of hydrogen-bond donors (Lipinski definition) is 2. The topological polar surface area (TPSA) is 86.7 Å². The van der Waals surface area contributed by atoms with Gasteiger partial charge in [-0.3, -0.25) is 9.10 Å². The highest BCUT2D eigenvalue weighted by Gasteiger charge is 2.26. The van der Waals surface area contributed by atoms with Gasteiger partial charge in [-0.2, -0.15) is 0 Å². The van der Waals surface area contributed by atoms with Gasteiger partial charge in [0.1, 0.15) is 5.75 Å². The molecule has 0 unspecified atom stereocenters. The number of halogens is 1. The number of anilines is 2. The lowest BCUT2D eigenvalue weighted by molar-refractivity contribution is 0.102. The average molecular weight is 457 g/mol. The molecule has 0 saturated carbocycles. The Balaban J connectivity index is 1.96. The van der Waals surface area contributed by atoms with Crippen LogP contribution in [0.15, 0.2) is 84.3 Å². The number of carbonyl (C=O) groups is 1. The second kappa shape index (κ2) is 9.24. The van der Waals surface area contributed by atoms with Crippen molar-refractivity contribution in [3.05, 3.63) is 95.5 Å². The number of para-hydroxylation sites is 1. The number of carbonyl (C=O) groups excluding carboxylic acids is 1. The van der Waals surface area contributed by atoms with Gasteiger partial charge >= 0.3 is 0 Å². The van der Waals surface area contributed by atoms with Crippen LogP contribution in [0.2, 0.25) is 5.02 Å². The van der Waals surface area contributed by atoms with E-state index in [1.165, 1.54) is 36.4 Å². The number of aryl methyl sites for hydroxylation is 1. The summed E-state index contributed by atoms with van der Waals surface area (Å²) in [5, 5.41) is 12.9. The van der Waals surface area contributed by atoms with Crippen molar-refractivity contribution >= 4 is 38.9 Å². The lowest BCUT2D eigenvalue weighted by Gasteiger charge is -2.24. The van der Waals surface area contributed by atoms with Gasteiger partial charge in [0.15, 0.2) is 0 Å². The molecule has 0 aliphatic rings. The van der Waals surface area contributed by atoms with Crippen molar-refractivity contribution in [1.82, 2.24) is 0 Å². The van der Waals surface area contributed by atoms with Crippen LogP contribution in [0.25, 0.3) is 0 Å². The molecule has 0 aliphatic carbocycles. The van der Waals surface area contributed by atoms with Gasteiger partial charge in [-0.25, -0.2) is 8.42 Å². The Kier molecular flexibility index (Phi) is 6.68. The Morgan fingerprint density at radius 3 is 2.55 bits per heavy atom. The van der Waals surface area contributed by atoms with Crippen molar-refractivity contribution in [2.24, 2.45) is 0 Å². The van der Waals surface area contributed by atoms with Crippen LogP contribution in [0.3, 0.4) is 0 Å². The molecule has 3 aromatic rings. The summed E-state index contributed by atoms with van der Waals surface area (Å²) < 4.78 is 27.8. The normalized spacial score (nSPS) is 11.0. The highest BCUT2D eigenvalue weighted by atomic mass is 35.5. The molecule has 0 aliphatic heterocycles. The van der Waals surface area contributed by atoms with Gasteiger partial charge in [0.2, 0.25) is 0 Å². The predicted molar refractivity (Wildman–Crippen MR) is 123 cm³/mol. The summed E-state index contributed by atoms with van der Waals surface area (Å²) in [5.41, 5.74) is 1.50. The van der Waals surface area contributed by atoms with Gasteiger partial charge in [0, 0.05) is 5.56 Å². The van der Waals surface area contributed by atoms with Crippen LogP contribution >= 0.6 is 11.6 Å². The molecule has 0 heterocycles. The molecule has 0 aromatic heterocycles. The lowest BCUT2D eigenvalue weighted by atomic mass is 10.2. The Morgan fingerprint density at radius 1 is 1.13 bits per heavy atom. The smallest absolute Gasteiger partial charge is 0.264 e. The number of phenols is 1. The highest BCUT2D eigenvalue weighted by Crippen LogP contribution is 2.31. The summed E-state index contributed by atoms with van der Waals surface area (Å²) in [6, 6.07) is 17.1. The van der Waals surface area contributed by atoms with Crippen molar-refractivity contribution in [3.63, 3.8) is 0 Å². The van der Waals surface area contributed by atoms with E-state index in [0.717, 1.165) is 9.87 Å². The summed E-state index contributed by atoms with van der Waals surface area (Å²) in [5.74, 6) is -0.628. The first-order valence-corrected chi connectivity index (χ1v) is 11.1. The molecule has 6 nitrogen and oxygen atoms in total. The summed E-state index contributed by atoms with van der Waals surface area (Å²) in [6.07, 6.45) is 1.46. The molecule has 0 radical (unpaired) electrons. The van der Waals surface area contributed by atoms with Gasteiger partial charge < -0.3 is 10.4 Å². The van der Waals surface area contributed by atoms with Crippen molar-refractivity contribution in [1.29, 1.82) is 0 Å². The number of amides is 1. The molecule has 0 spiro atoms. The Morgan fingerprint density at radius 2 is 1.87 bits per heavy atom. The monoisotopic (exact) mass is 456 g/mol. The zero-order valence-electron chi connectivity index (χ0n) is 16.7. The number of hydrogen-bond acceptors (Lipinski definition) is 4. The second-order valence-electron chi connectivity index (χ2n) is 6.78. The van der Waals surface area contributed by atoms with Crippen molar-refractivity contribution < 1.29 is 18.3 Å². The van der Waals surface area contributed by atoms with Gasteiger partial charge in [0.05, 0.1) is 27.8 Å². The molecule has 3 rings (SSSR count). The third-order valence-corrected chi connectivity index (χ3v) is 6.60. The minimum absolute atomic E-state index is 0.000268. The Hall–Kier alpha value is -3.29. The predicted octanol–water partition coefficient (Wildman–Crippen LogP) is 4.99. The van der Waals surface area contributed by atoms with Gasteiger partial charge in [-0.1, -0.05) is 41.9 Å². The number of benzene rings is 3. The zero-order valence-corrected chi connectivity index (χ0v) is 18.3. The highest BCUT2D eigenvalue weighted by molar-refractivity contribution is 7.92. The second-order valence-corrected chi connectivity index (χ2v) is 9.05. The molecule has 0 atom stereocenters. The van der Waals surface area contributed by atoms with E-state index >= 15 is 0 Å². The average Bonchev–Trinajstić information content (AvgIpc) is 2.74. The van der Waals surface area contributed by atoms with E-state index in [9.17, 15) is 18.3 Å². The molecule has 8 heteroatoms. The fourth-order valence-corrected chi connectivity index (χ4v) is 4.75. The van der Waals surface area contributed by atoms with Crippen molar-refractivity contribution in [3.8, 4) is 5.75 Å². The maximum atomic E-state index is 13.3. The Bertz CT molecular complexity index is 1240. The molecule has 0 fully saturated rings. The number of phenolic OH excluding ortho intramolecular Hbond substituents is 1. The molecule has 1 amide bonds. The van der Waals surface area contributed by atoms with Crippen LogP contribution in [0.5, 0.6) is 5.75 Å². The molecular weight excluding hydrogens is 436 g/mol. The van der Waals surface area contributed by atoms with Crippen LogP contribution in [0.4, 0.5) is 11.4 Å². The third-order valence-electron chi connectivity index (χ3n) is 4.50. The molecule has 0 saturated heterocycles. The maximum Gasteiger partial charge on any atom is 0.264 e. The number of aromatic hydroxyl groups is 1. The van der Waals surface area contributed by atoms with Crippen LogP contribution < -0.4 is 9.62 Å². The van der Waals surface area contributed by atoms with E-state index < -0.39 is 15.9 Å². The van der Waals surface area contributed by atoms with E-state index in [1.54, 1.807) is 36.4 Å². The first kappa shape index (κ1) is 22.4. The van der Waals surface area contributed by atoms with Crippen LogP contribution in [0, 0.1) is 6.92 Å². The van der Waals surface area contributed by atoms with E-state index in [0.29, 0.717) is 5.69 Å². The fourth-order valence-electron chi connectivity index (χ4n) is 2.96. The first-order chi connectivity index (χ1) is 14.7.